The number of aromatic nitrogens is 2. The Balaban J connectivity index is 1.95. The average molecular weight is 375 g/mol. The molecule has 0 spiro atoms. The quantitative estimate of drug-likeness (QED) is 0.536. The molecule has 2 aromatic rings. The standard InChI is InChI=1S/C21H30N2O2S/c1-14(2)13-24-19-10-8-12-21(23-19)26-17(6)16(5)25-20-11-7-9-18(22-20)15(3)4/h7-12,14-17H,13H2,1-6H3. The Morgan fingerprint density at radius 2 is 1.58 bits per heavy atom. The van der Waals surface area contributed by atoms with Crippen molar-refractivity contribution < 1.29 is 9.47 Å². The first-order valence-electron chi connectivity index (χ1n) is 9.25. The predicted octanol–water partition coefficient (Wildman–Crippen LogP) is 5.58. The summed E-state index contributed by atoms with van der Waals surface area (Å²) < 4.78 is 11.8. The molecular formula is C21H30N2O2S. The van der Waals surface area contributed by atoms with Crippen molar-refractivity contribution in [1.29, 1.82) is 0 Å². The van der Waals surface area contributed by atoms with Gasteiger partial charge in [0.15, 0.2) is 0 Å². The van der Waals surface area contributed by atoms with Crippen LogP contribution < -0.4 is 9.47 Å². The molecule has 0 aliphatic heterocycles. The van der Waals surface area contributed by atoms with Gasteiger partial charge in [0, 0.05) is 23.1 Å². The van der Waals surface area contributed by atoms with E-state index in [0.29, 0.717) is 30.2 Å². The van der Waals surface area contributed by atoms with E-state index in [1.165, 1.54) is 0 Å². The summed E-state index contributed by atoms with van der Waals surface area (Å²) in [7, 11) is 0. The molecule has 0 aromatic carbocycles. The van der Waals surface area contributed by atoms with Gasteiger partial charge in [-0.25, -0.2) is 9.97 Å². The number of pyridine rings is 2. The van der Waals surface area contributed by atoms with Crippen molar-refractivity contribution in [3.05, 3.63) is 42.1 Å². The van der Waals surface area contributed by atoms with Crippen LogP contribution in [-0.4, -0.2) is 27.9 Å². The van der Waals surface area contributed by atoms with E-state index in [-0.39, 0.29) is 11.4 Å². The molecule has 2 heterocycles. The van der Waals surface area contributed by atoms with Gasteiger partial charge in [-0.3, -0.25) is 0 Å². The van der Waals surface area contributed by atoms with E-state index in [1.54, 1.807) is 11.8 Å². The van der Waals surface area contributed by atoms with Gasteiger partial charge in [-0.05, 0) is 37.8 Å². The number of thioether (sulfide) groups is 1. The molecule has 2 unspecified atom stereocenters. The number of hydrogen-bond donors (Lipinski definition) is 0. The van der Waals surface area contributed by atoms with Crippen molar-refractivity contribution in [1.82, 2.24) is 9.97 Å². The van der Waals surface area contributed by atoms with Crippen molar-refractivity contribution in [2.24, 2.45) is 5.92 Å². The average Bonchev–Trinajstić information content (AvgIpc) is 2.60. The van der Waals surface area contributed by atoms with E-state index >= 15 is 0 Å². The fourth-order valence-electron chi connectivity index (χ4n) is 2.18. The Labute approximate surface area is 161 Å². The Morgan fingerprint density at radius 1 is 0.885 bits per heavy atom. The molecule has 0 aliphatic rings. The van der Waals surface area contributed by atoms with Crippen molar-refractivity contribution in [2.75, 3.05) is 6.61 Å². The molecule has 0 amide bonds. The Morgan fingerprint density at radius 3 is 2.27 bits per heavy atom. The van der Waals surface area contributed by atoms with Crippen molar-refractivity contribution in [2.45, 2.75) is 63.8 Å². The van der Waals surface area contributed by atoms with Crippen molar-refractivity contribution >= 4 is 11.8 Å². The van der Waals surface area contributed by atoms with Crippen molar-refractivity contribution in [3.8, 4) is 11.8 Å². The summed E-state index contributed by atoms with van der Waals surface area (Å²) in [5, 5.41) is 1.17. The Bertz CT molecular complexity index is 691. The lowest BCUT2D eigenvalue weighted by Crippen LogP contribution is -2.24. The minimum atomic E-state index is 0.0111. The van der Waals surface area contributed by atoms with Crippen LogP contribution in [-0.2, 0) is 0 Å². The normalized spacial score (nSPS) is 13.7. The van der Waals surface area contributed by atoms with Gasteiger partial charge < -0.3 is 9.47 Å². The largest absolute Gasteiger partial charge is 0.477 e. The monoisotopic (exact) mass is 374 g/mol. The molecule has 0 saturated heterocycles. The lowest BCUT2D eigenvalue weighted by molar-refractivity contribution is 0.213. The summed E-state index contributed by atoms with van der Waals surface area (Å²) in [6.45, 7) is 13.4. The molecule has 26 heavy (non-hydrogen) atoms. The highest BCUT2D eigenvalue weighted by Gasteiger charge is 2.17. The lowest BCUT2D eigenvalue weighted by atomic mass is 10.1. The number of hydrogen-bond acceptors (Lipinski definition) is 5. The molecule has 4 nitrogen and oxygen atoms in total. The fourth-order valence-corrected chi connectivity index (χ4v) is 3.11. The summed E-state index contributed by atoms with van der Waals surface area (Å²) >= 11 is 1.69. The van der Waals surface area contributed by atoms with E-state index < -0.39 is 0 Å². The SMILES string of the molecule is CC(C)COc1cccc(SC(C)C(C)Oc2cccc(C(C)C)n2)n1. The summed E-state index contributed by atoms with van der Waals surface area (Å²) in [5.74, 6) is 2.22. The molecule has 5 heteroatoms. The summed E-state index contributed by atoms with van der Waals surface area (Å²) in [6.07, 6.45) is 0.0111. The molecule has 0 N–H and O–H groups in total. The maximum Gasteiger partial charge on any atom is 0.214 e. The van der Waals surface area contributed by atoms with Crippen LogP contribution >= 0.6 is 11.8 Å². The third kappa shape index (κ3) is 6.52. The zero-order chi connectivity index (χ0) is 19.1. The number of rotatable bonds is 9. The third-order valence-corrected chi connectivity index (χ3v) is 5.10. The van der Waals surface area contributed by atoms with Gasteiger partial charge in [0.05, 0.1) is 6.61 Å². The van der Waals surface area contributed by atoms with E-state index in [9.17, 15) is 0 Å². The molecule has 0 bridgehead atoms. The topological polar surface area (TPSA) is 44.2 Å². The zero-order valence-electron chi connectivity index (χ0n) is 16.6. The minimum absolute atomic E-state index is 0.0111. The lowest BCUT2D eigenvalue weighted by Gasteiger charge is -2.21. The van der Waals surface area contributed by atoms with Gasteiger partial charge in [-0.15, -0.1) is 0 Å². The second-order valence-electron chi connectivity index (χ2n) is 7.22. The maximum atomic E-state index is 6.06. The summed E-state index contributed by atoms with van der Waals surface area (Å²) in [6, 6.07) is 11.8. The van der Waals surface area contributed by atoms with Crippen LogP contribution in [0.15, 0.2) is 41.4 Å². The van der Waals surface area contributed by atoms with Crippen molar-refractivity contribution in [3.63, 3.8) is 0 Å². The smallest absolute Gasteiger partial charge is 0.214 e. The minimum Gasteiger partial charge on any atom is -0.477 e. The molecule has 0 aliphatic carbocycles. The molecule has 0 saturated carbocycles. The van der Waals surface area contributed by atoms with Gasteiger partial charge in [0.25, 0.3) is 0 Å². The molecule has 0 radical (unpaired) electrons. The van der Waals surface area contributed by atoms with Gasteiger partial charge in [0.1, 0.15) is 11.1 Å². The first-order chi connectivity index (χ1) is 12.3. The van der Waals surface area contributed by atoms with E-state index in [0.717, 1.165) is 10.7 Å². The van der Waals surface area contributed by atoms with Crippen LogP contribution in [0.3, 0.4) is 0 Å². The van der Waals surface area contributed by atoms with Gasteiger partial charge in [0.2, 0.25) is 11.8 Å². The van der Waals surface area contributed by atoms with Crippen LogP contribution in [0.5, 0.6) is 11.8 Å². The molecule has 0 fully saturated rings. The molecule has 142 valence electrons. The maximum absolute atomic E-state index is 6.06. The van der Waals surface area contributed by atoms with Crippen LogP contribution in [0, 0.1) is 5.92 Å². The summed E-state index contributed by atoms with van der Waals surface area (Å²) in [5.41, 5.74) is 1.05. The van der Waals surface area contributed by atoms with E-state index in [2.05, 4.69) is 51.5 Å². The molecule has 2 aromatic heterocycles. The van der Waals surface area contributed by atoms with Gasteiger partial charge in [-0.1, -0.05) is 51.6 Å². The van der Waals surface area contributed by atoms with Crippen LogP contribution in [0.1, 0.15) is 53.2 Å². The Kier molecular flexibility index (Phi) is 7.76. The highest BCUT2D eigenvalue weighted by molar-refractivity contribution is 7.99. The molecule has 2 rings (SSSR count). The predicted molar refractivity (Wildman–Crippen MR) is 108 cm³/mol. The van der Waals surface area contributed by atoms with Gasteiger partial charge in [-0.2, -0.15) is 0 Å². The Hall–Kier alpha value is -1.75. The fraction of sp³-hybridized carbons (Fsp3) is 0.524. The van der Waals surface area contributed by atoms with E-state index in [1.807, 2.05) is 36.4 Å². The molecule has 2 atom stereocenters. The number of nitrogens with zero attached hydrogens (tertiary/aromatic N) is 2. The second-order valence-corrected chi connectivity index (χ2v) is 8.62. The molecular weight excluding hydrogens is 344 g/mol. The van der Waals surface area contributed by atoms with Crippen LogP contribution in [0.25, 0.3) is 0 Å². The first-order valence-corrected chi connectivity index (χ1v) is 10.1. The van der Waals surface area contributed by atoms with Gasteiger partial charge >= 0.3 is 0 Å². The third-order valence-electron chi connectivity index (χ3n) is 3.87. The second kappa shape index (κ2) is 9.81. The first kappa shape index (κ1) is 20.6. The highest BCUT2D eigenvalue weighted by Crippen LogP contribution is 2.27. The highest BCUT2D eigenvalue weighted by atomic mass is 32.2. The number of ether oxygens (including phenoxy) is 2. The van der Waals surface area contributed by atoms with Crippen LogP contribution in [0.2, 0.25) is 0 Å². The summed E-state index contributed by atoms with van der Waals surface area (Å²) in [4.78, 5) is 9.17. The van der Waals surface area contributed by atoms with Crippen LogP contribution in [0.4, 0.5) is 0 Å². The van der Waals surface area contributed by atoms with E-state index in [4.69, 9.17) is 9.47 Å². The zero-order valence-corrected chi connectivity index (χ0v) is 17.4.